The zero-order chi connectivity index (χ0) is 17.9. The van der Waals surface area contributed by atoms with Crippen molar-refractivity contribution in [2.75, 3.05) is 26.2 Å². The lowest BCUT2D eigenvalue weighted by Crippen LogP contribution is -2.49. The predicted octanol–water partition coefficient (Wildman–Crippen LogP) is 1.26. The van der Waals surface area contributed by atoms with Gasteiger partial charge in [-0.25, -0.2) is 8.42 Å². The molecule has 3 rings (SSSR count). The number of aryl methyl sites for hydroxylation is 1. The number of benzene rings is 1. The zero-order valence-corrected chi connectivity index (χ0v) is 15.5. The summed E-state index contributed by atoms with van der Waals surface area (Å²) in [6, 6.07) is 7.03. The number of amides is 1. The molecule has 2 fully saturated rings. The molecule has 0 spiro atoms. The molecule has 6 nitrogen and oxygen atoms in total. The number of hydrogen-bond donors (Lipinski definition) is 2. The van der Waals surface area contributed by atoms with Gasteiger partial charge in [-0.15, -0.1) is 0 Å². The first kappa shape index (κ1) is 18.4. The van der Waals surface area contributed by atoms with Crippen LogP contribution in [0.15, 0.2) is 29.2 Å². The fraction of sp³-hybridized carbons (Fsp3) is 0.611. The number of sulfonamides is 1. The summed E-state index contributed by atoms with van der Waals surface area (Å²) in [7, 11) is -3.44. The molecule has 25 heavy (non-hydrogen) atoms. The van der Waals surface area contributed by atoms with Gasteiger partial charge in [-0.05, 0) is 51.3 Å². The van der Waals surface area contributed by atoms with Crippen LogP contribution in [0.5, 0.6) is 0 Å². The van der Waals surface area contributed by atoms with Gasteiger partial charge >= 0.3 is 0 Å². The molecule has 2 N–H and O–H groups in total. The number of carbonyl (C=O) groups excluding carboxylic acids is 1. The molecule has 1 unspecified atom stereocenters. The third kappa shape index (κ3) is 4.40. The van der Waals surface area contributed by atoms with Gasteiger partial charge in [0, 0.05) is 25.7 Å². The standard InChI is InChI=1S/C18H27N3O3S/c1-14-4-6-17(7-5-14)25(23,24)21-11-8-16(9-12-21)20-18(22)15-3-2-10-19-13-15/h4-7,15-16,19H,2-3,8-13H2,1H3,(H,20,22). The van der Waals surface area contributed by atoms with Crippen molar-refractivity contribution in [3.8, 4) is 0 Å². The molecule has 138 valence electrons. The average molecular weight is 365 g/mol. The van der Waals surface area contributed by atoms with E-state index in [4.69, 9.17) is 0 Å². The van der Waals surface area contributed by atoms with Gasteiger partial charge in [0.2, 0.25) is 15.9 Å². The first-order valence-electron chi connectivity index (χ1n) is 9.05. The molecule has 0 saturated carbocycles. The second-order valence-corrected chi connectivity index (χ2v) is 8.98. The quantitative estimate of drug-likeness (QED) is 0.842. The highest BCUT2D eigenvalue weighted by molar-refractivity contribution is 7.89. The third-order valence-electron chi connectivity index (χ3n) is 5.13. The molecule has 2 aliphatic rings. The maximum Gasteiger partial charge on any atom is 0.243 e. The van der Waals surface area contributed by atoms with Crippen molar-refractivity contribution >= 4 is 15.9 Å². The number of piperidine rings is 2. The average Bonchev–Trinajstić information content (AvgIpc) is 2.63. The lowest BCUT2D eigenvalue weighted by molar-refractivity contribution is -0.126. The molecule has 7 heteroatoms. The Labute approximate surface area is 150 Å². The fourth-order valence-electron chi connectivity index (χ4n) is 3.49. The van der Waals surface area contributed by atoms with Crippen LogP contribution in [0.4, 0.5) is 0 Å². The highest BCUT2D eigenvalue weighted by Gasteiger charge is 2.31. The molecule has 0 radical (unpaired) electrons. The van der Waals surface area contributed by atoms with Crippen molar-refractivity contribution in [2.45, 2.75) is 43.5 Å². The number of hydrogen-bond acceptors (Lipinski definition) is 4. The van der Waals surface area contributed by atoms with Crippen molar-refractivity contribution in [1.29, 1.82) is 0 Å². The lowest BCUT2D eigenvalue weighted by Gasteiger charge is -2.33. The Morgan fingerprint density at radius 3 is 2.44 bits per heavy atom. The van der Waals surface area contributed by atoms with Crippen LogP contribution >= 0.6 is 0 Å². The Bertz CT molecular complexity index is 689. The second kappa shape index (κ2) is 7.85. The molecular weight excluding hydrogens is 338 g/mol. The number of nitrogens with zero attached hydrogens (tertiary/aromatic N) is 1. The molecule has 2 saturated heterocycles. The molecule has 2 aliphatic heterocycles. The largest absolute Gasteiger partial charge is 0.353 e. The van der Waals surface area contributed by atoms with Crippen LogP contribution in [-0.2, 0) is 14.8 Å². The van der Waals surface area contributed by atoms with E-state index in [-0.39, 0.29) is 17.9 Å². The minimum Gasteiger partial charge on any atom is -0.353 e. The molecule has 1 aromatic carbocycles. The topological polar surface area (TPSA) is 78.5 Å². The molecular formula is C18H27N3O3S. The Morgan fingerprint density at radius 2 is 1.84 bits per heavy atom. The minimum absolute atomic E-state index is 0.0445. The number of nitrogens with one attached hydrogen (secondary N) is 2. The predicted molar refractivity (Wildman–Crippen MR) is 96.7 cm³/mol. The summed E-state index contributed by atoms with van der Waals surface area (Å²) in [6.07, 6.45) is 3.29. The second-order valence-electron chi connectivity index (χ2n) is 7.04. The summed E-state index contributed by atoms with van der Waals surface area (Å²) >= 11 is 0. The highest BCUT2D eigenvalue weighted by atomic mass is 32.2. The van der Waals surface area contributed by atoms with Gasteiger partial charge in [0.05, 0.1) is 10.8 Å². The minimum atomic E-state index is -3.44. The van der Waals surface area contributed by atoms with Crippen LogP contribution in [-0.4, -0.2) is 50.9 Å². The van der Waals surface area contributed by atoms with Crippen molar-refractivity contribution in [3.05, 3.63) is 29.8 Å². The Kier molecular flexibility index (Phi) is 5.76. The smallest absolute Gasteiger partial charge is 0.243 e. The molecule has 1 amide bonds. The van der Waals surface area contributed by atoms with Gasteiger partial charge in [-0.2, -0.15) is 4.31 Å². The van der Waals surface area contributed by atoms with Crippen molar-refractivity contribution < 1.29 is 13.2 Å². The van der Waals surface area contributed by atoms with E-state index in [1.54, 1.807) is 12.1 Å². The summed E-state index contributed by atoms with van der Waals surface area (Å²) in [5.41, 5.74) is 1.04. The van der Waals surface area contributed by atoms with E-state index in [2.05, 4.69) is 10.6 Å². The molecule has 1 atom stereocenters. The van der Waals surface area contributed by atoms with Crippen LogP contribution in [0, 0.1) is 12.8 Å². The van der Waals surface area contributed by atoms with Crippen LogP contribution in [0.2, 0.25) is 0 Å². The van der Waals surface area contributed by atoms with Gasteiger partial charge < -0.3 is 10.6 Å². The summed E-state index contributed by atoms with van der Waals surface area (Å²) in [5.74, 6) is 0.148. The normalized spacial score (nSPS) is 23.3. The molecule has 2 heterocycles. The van der Waals surface area contributed by atoms with E-state index in [0.717, 1.165) is 31.5 Å². The molecule has 0 aliphatic carbocycles. The van der Waals surface area contributed by atoms with Gasteiger partial charge in [0.15, 0.2) is 0 Å². The SMILES string of the molecule is Cc1ccc(S(=O)(=O)N2CCC(NC(=O)C3CCCNC3)CC2)cc1. The van der Waals surface area contributed by atoms with Crippen molar-refractivity contribution in [2.24, 2.45) is 5.92 Å². The molecule has 1 aromatic rings. The summed E-state index contributed by atoms with van der Waals surface area (Å²) in [5, 5.41) is 6.36. The Hall–Kier alpha value is -1.44. The van der Waals surface area contributed by atoms with E-state index < -0.39 is 10.0 Å². The van der Waals surface area contributed by atoms with Crippen LogP contribution in [0.25, 0.3) is 0 Å². The van der Waals surface area contributed by atoms with Crippen LogP contribution < -0.4 is 10.6 Å². The van der Waals surface area contributed by atoms with E-state index in [0.29, 0.717) is 30.8 Å². The number of rotatable bonds is 4. The van der Waals surface area contributed by atoms with Crippen molar-refractivity contribution in [1.82, 2.24) is 14.9 Å². The third-order valence-corrected chi connectivity index (χ3v) is 7.04. The van der Waals surface area contributed by atoms with Crippen molar-refractivity contribution in [3.63, 3.8) is 0 Å². The van der Waals surface area contributed by atoms with Gasteiger partial charge in [-0.1, -0.05) is 17.7 Å². The maximum atomic E-state index is 12.7. The Morgan fingerprint density at radius 1 is 1.16 bits per heavy atom. The maximum absolute atomic E-state index is 12.7. The first-order valence-corrected chi connectivity index (χ1v) is 10.5. The van der Waals surface area contributed by atoms with Gasteiger partial charge in [0.25, 0.3) is 0 Å². The zero-order valence-electron chi connectivity index (χ0n) is 14.7. The van der Waals surface area contributed by atoms with E-state index in [1.165, 1.54) is 4.31 Å². The first-order chi connectivity index (χ1) is 12.0. The van der Waals surface area contributed by atoms with E-state index >= 15 is 0 Å². The van der Waals surface area contributed by atoms with E-state index in [1.807, 2.05) is 19.1 Å². The van der Waals surface area contributed by atoms with Gasteiger partial charge in [0.1, 0.15) is 0 Å². The molecule has 0 aromatic heterocycles. The van der Waals surface area contributed by atoms with Crippen LogP contribution in [0.3, 0.4) is 0 Å². The van der Waals surface area contributed by atoms with E-state index in [9.17, 15) is 13.2 Å². The Balaban J connectivity index is 1.54. The molecule has 0 bridgehead atoms. The number of carbonyl (C=O) groups is 1. The fourth-order valence-corrected chi connectivity index (χ4v) is 4.96. The van der Waals surface area contributed by atoms with Gasteiger partial charge in [-0.3, -0.25) is 4.79 Å². The van der Waals surface area contributed by atoms with Crippen LogP contribution in [0.1, 0.15) is 31.2 Å². The summed E-state index contributed by atoms with van der Waals surface area (Å²) in [4.78, 5) is 12.7. The highest BCUT2D eigenvalue weighted by Crippen LogP contribution is 2.21. The summed E-state index contributed by atoms with van der Waals surface area (Å²) < 4.78 is 26.9. The summed E-state index contributed by atoms with van der Waals surface area (Å²) in [6.45, 7) is 4.56. The lowest BCUT2D eigenvalue weighted by atomic mass is 9.97. The monoisotopic (exact) mass is 365 g/mol.